The summed E-state index contributed by atoms with van der Waals surface area (Å²) < 4.78 is 0. The van der Waals surface area contributed by atoms with E-state index in [-0.39, 0.29) is 32.9 Å². The highest BCUT2D eigenvalue weighted by molar-refractivity contribution is 7.15. The third kappa shape index (κ3) is 5.22. The molecule has 0 aliphatic carbocycles. The van der Waals surface area contributed by atoms with Crippen molar-refractivity contribution in [1.82, 2.24) is 10.2 Å². The second kappa shape index (κ2) is 8.78. The number of carbonyl (C=O) groups excluding carboxylic acids is 2. The van der Waals surface area contributed by atoms with Crippen LogP contribution in [-0.2, 0) is 5.41 Å². The molecule has 2 N–H and O–H groups in total. The van der Waals surface area contributed by atoms with E-state index in [0.717, 1.165) is 11.1 Å². The first-order valence-corrected chi connectivity index (χ1v) is 10.3. The van der Waals surface area contributed by atoms with Crippen LogP contribution in [0.15, 0.2) is 42.5 Å². The Morgan fingerprint density at radius 3 is 2.32 bits per heavy atom. The normalized spacial score (nSPS) is 11.1. The molecular weight excluding hydrogens is 442 g/mol. The minimum absolute atomic E-state index is 0.0430. The highest BCUT2D eigenvalue weighted by Crippen LogP contribution is 2.29. The Hall–Kier alpha value is -3.37. The van der Waals surface area contributed by atoms with Crippen LogP contribution in [0.4, 0.5) is 16.5 Å². The molecule has 2 aromatic carbocycles. The molecule has 0 aliphatic heterocycles. The van der Waals surface area contributed by atoms with Gasteiger partial charge in [-0.3, -0.25) is 25.0 Å². The summed E-state index contributed by atoms with van der Waals surface area (Å²) in [6.45, 7) is 5.98. The maximum atomic E-state index is 12.8. The maximum absolute atomic E-state index is 12.8. The van der Waals surface area contributed by atoms with Crippen LogP contribution in [0.3, 0.4) is 0 Å². The fraction of sp³-hybridized carbons (Fsp3) is 0.200. The number of halogens is 1. The number of amides is 2. The molecule has 0 atom stereocenters. The minimum Gasteiger partial charge on any atom is -0.321 e. The van der Waals surface area contributed by atoms with Gasteiger partial charge in [0.1, 0.15) is 5.01 Å². The zero-order chi connectivity index (χ0) is 22.8. The van der Waals surface area contributed by atoms with Crippen LogP contribution in [0, 0.1) is 10.1 Å². The van der Waals surface area contributed by atoms with Crippen LogP contribution in [0.1, 0.15) is 46.5 Å². The molecule has 0 saturated heterocycles. The van der Waals surface area contributed by atoms with Crippen molar-refractivity contribution in [1.29, 1.82) is 0 Å². The van der Waals surface area contributed by atoms with Crippen molar-refractivity contribution >= 4 is 51.3 Å². The Kier molecular flexibility index (Phi) is 6.32. The van der Waals surface area contributed by atoms with Crippen LogP contribution in [-0.4, -0.2) is 26.9 Å². The SMILES string of the molecule is CC(C)(C)c1nnc(NC(=O)c2ccccc2NC(=O)c2ccc([N+](=O)[O-])cc2Cl)s1. The lowest BCUT2D eigenvalue weighted by Gasteiger charge is -2.12. The van der Waals surface area contributed by atoms with Crippen LogP contribution in [0.25, 0.3) is 0 Å². The number of nitro benzene ring substituents is 1. The largest absolute Gasteiger partial charge is 0.321 e. The number of nitrogens with zero attached hydrogens (tertiary/aromatic N) is 3. The van der Waals surface area contributed by atoms with Crippen molar-refractivity contribution in [3.63, 3.8) is 0 Å². The van der Waals surface area contributed by atoms with Gasteiger partial charge >= 0.3 is 0 Å². The van der Waals surface area contributed by atoms with Crippen molar-refractivity contribution < 1.29 is 14.5 Å². The van der Waals surface area contributed by atoms with E-state index in [2.05, 4.69) is 20.8 Å². The number of nitro groups is 1. The van der Waals surface area contributed by atoms with Crippen LogP contribution < -0.4 is 10.6 Å². The van der Waals surface area contributed by atoms with Gasteiger partial charge in [-0.1, -0.05) is 55.8 Å². The summed E-state index contributed by atoms with van der Waals surface area (Å²) in [4.78, 5) is 35.7. The standard InChI is InChI=1S/C20H18ClN5O4S/c1-20(2,3)18-24-25-19(31-18)23-17(28)13-6-4-5-7-15(13)22-16(27)12-9-8-11(26(29)30)10-14(12)21/h4-10H,1-3H3,(H,22,27)(H,23,25,28). The average Bonchev–Trinajstić information content (AvgIpc) is 3.17. The number of benzene rings is 2. The molecule has 1 heterocycles. The summed E-state index contributed by atoms with van der Waals surface area (Å²) in [6, 6.07) is 9.96. The minimum atomic E-state index is -0.605. The summed E-state index contributed by atoms with van der Waals surface area (Å²) in [5.74, 6) is -1.08. The molecule has 3 aromatic rings. The van der Waals surface area contributed by atoms with Crippen molar-refractivity contribution in [2.24, 2.45) is 0 Å². The number of non-ortho nitro benzene ring substituents is 1. The first kappa shape index (κ1) is 22.3. The zero-order valence-corrected chi connectivity index (χ0v) is 18.4. The molecule has 0 bridgehead atoms. The van der Waals surface area contributed by atoms with Gasteiger partial charge in [0, 0.05) is 17.5 Å². The lowest BCUT2D eigenvalue weighted by molar-refractivity contribution is -0.384. The van der Waals surface area contributed by atoms with Gasteiger partial charge in [0.2, 0.25) is 5.13 Å². The number of anilines is 2. The lowest BCUT2D eigenvalue weighted by atomic mass is 9.98. The Labute approximate surface area is 186 Å². The van der Waals surface area contributed by atoms with E-state index in [1.807, 2.05) is 20.8 Å². The predicted octanol–water partition coefficient (Wildman–Crippen LogP) is 4.90. The summed E-state index contributed by atoms with van der Waals surface area (Å²) in [5.41, 5.74) is 0.0760. The van der Waals surface area contributed by atoms with Gasteiger partial charge in [-0.05, 0) is 18.2 Å². The van der Waals surface area contributed by atoms with E-state index in [1.54, 1.807) is 24.3 Å². The average molecular weight is 460 g/mol. The molecular formula is C20H18ClN5O4S. The first-order valence-electron chi connectivity index (χ1n) is 9.06. The number of hydrogen-bond donors (Lipinski definition) is 2. The molecule has 3 rings (SSSR count). The Balaban J connectivity index is 1.80. The molecule has 11 heteroatoms. The highest BCUT2D eigenvalue weighted by Gasteiger charge is 2.22. The molecule has 0 saturated carbocycles. The van der Waals surface area contributed by atoms with Gasteiger partial charge in [0.05, 0.1) is 26.8 Å². The van der Waals surface area contributed by atoms with Gasteiger partial charge in [-0.2, -0.15) is 0 Å². The number of hydrogen-bond acceptors (Lipinski definition) is 7. The second-order valence-electron chi connectivity index (χ2n) is 7.54. The van der Waals surface area contributed by atoms with Gasteiger partial charge in [-0.15, -0.1) is 10.2 Å². The zero-order valence-electron chi connectivity index (χ0n) is 16.8. The van der Waals surface area contributed by atoms with E-state index in [4.69, 9.17) is 11.6 Å². The summed E-state index contributed by atoms with van der Waals surface area (Å²) in [7, 11) is 0. The quantitative estimate of drug-likeness (QED) is 0.412. The van der Waals surface area contributed by atoms with Crippen LogP contribution >= 0.6 is 22.9 Å². The fourth-order valence-corrected chi connectivity index (χ4v) is 3.58. The molecule has 9 nitrogen and oxygen atoms in total. The van der Waals surface area contributed by atoms with E-state index in [1.165, 1.54) is 23.5 Å². The van der Waals surface area contributed by atoms with Gasteiger partial charge in [0.15, 0.2) is 0 Å². The second-order valence-corrected chi connectivity index (χ2v) is 8.92. The van der Waals surface area contributed by atoms with E-state index in [9.17, 15) is 19.7 Å². The third-order valence-corrected chi connectivity index (χ3v) is 5.69. The molecule has 0 spiro atoms. The van der Waals surface area contributed by atoms with E-state index < -0.39 is 16.7 Å². The maximum Gasteiger partial charge on any atom is 0.270 e. The van der Waals surface area contributed by atoms with Gasteiger partial charge in [0.25, 0.3) is 17.5 Å². The van der Waals surface area contributed by atoms with Gasteiger partial charge < -0.3 is 5.32 Å². The number of rotatable bonds is 5. The fourth-order valence-electron chi connectivity index (χ4n) is 2.52. The number of nitrogens with one attached hydrogen (secondary N) is 2. The summed E-state index contributed by atoms with van der Waals surface area (Å²) in [5, 5.41) is 25.3. The third-order valence-electron chi connectivity index (χ3n) is 4.12. The van der Waals surface area contributed by atoms with Crippen molar-refractivity contribution in [3.8, 4) is 0 Å². The smallest absolute Gasteiger partial charge is 0.270 e. The number of carbonyl (C=O) groups is 2. The Morgan fingerprint density at radius 1 is 1.03 bits per heavy atom. The lowest BCUT2D eigenvalue weighted by Crippen LogP contribution is -2.18. The predicted molar refractivity (Wildman–Crippen MR) is 119 cm³/mol. The van der Waals surface area contributed by atoms with Crippen molar-refractivity contribution in [2.45, 2.75) is 26.2 Å². The number of aromatic nitrogens is 2. The molecule has 160 valence electrons. The highest BCUT2D eigenvalue weighted by atomic mass is 35.5. The topological polar surface area (TPSA) is 127 Å². The van der Waals surface area contributed by atoms with Gasteiger partial charge in [-0.25, -0.2) is 0 Å². The Morgan fingerprint density at radius 2 is 1.71 bits per heavy atom. The van der Waals surface area contributed by atoms with Crippen molar-refractivity contribution in [2.75, 3.05) is 10.6 Å². The van der Waals surface area contributed by atoms with E-state index in [0.29, 0.717) is 5.13 Å². The van der Waals surface area contributed by atoms with Crippen LogP contribution in [0.2, 0.25) is 5.02 Å². The Bertz CT molecular complexity index is 1170. The molecule has 0 unspecified atom stereocenters. The summed E-state index contributed by atoms with van der Waals surface area (Å²) >= 11 is 7.30. The molecule has 2 amide bonds. The van der Waals surface area contributed by atoms with Crippen molar-refractivity contribution in [3.05, 3.63) is 73.7 Å². The monoisotopic (exact) mass is 459 g/mol. The molecule has 0 fully saturated rings. The first-order chi connectivity index (χ1) is 14.6. The molecule has 31 heavy (non-hydrogen) atoms. The molecule has 1 aromatic heterocycles. The number of para-hydroxylation sites is 1. The molecule has 0 radical (unpaired) electrons. The molecule has 0 aliphatic rings. The summed E-state index contributed by atoms with van der Waals surface area (Å²) in [6.07, 6.45) is 0. The van der Waals surface area contributed by atoms with E-state index >= 15 is 0 Å². The van der Waals surface area contributed by atoms with Crippen LogP contribution in [0.5, 0.6) is 0 Å².